The topological polar surface area (TPSA) is 52.0 Å². The molecule has 0 saturated heterocycles. The van der Waals surface area contributed by atoms with Gasteiger partial charge >= 0.3 is 6.18 Å². The van der Waals surface area contributed by atoms with Gasteiger partial charge in [0.05, 0.1) is 0 Å². The van der Waals surface area contributed by atoms with E-state index in [0.717, 1.165) is 0 Å². The molecule has 0 aromatic heterocycles. The zero-order chi connectivity index (χ0) is 6.78. The first kappa shape index (κ1) is 7.71. The van der Waals surface area contributed by atoms with Crippen LogP contribution in [-0.4, -0.2) is 18.8 Å². The summed E-state index contributed by atoms with van der Waals surface area (Å²) in [6, 6.07) is -1.87. The first-order chi connectivity index (χ1) is 3.48. The van der Waals surface area contributed by atoms with Crippen molar-refractivity contribution < 1.29 is 13.2 Å². The summed E-state index contributed by atoms with van der Waals surface area (Å²) in [7, 11) is 0. The number of nitrogens with two attached hydrogens (primary N) is 2. The quantitative estimate of drug-likeness (QED) is 0.515. The van der Waals surface area contributed by atoms with Gasteiger partial charge in [0.25, 0.3) is 0 Å². The van der Waals surface area contributed by atoms with Gasteiger partial charge in [-0.2, -0.15) is 13.2 Å². The van der Waals surface area contributed by atoms with Crippen molar-refractivity contribution in [3.05, 3.63) is 0 Å². The SMILES string of the molecule is NC[C@H](N)C(F)(F)F. The minimum atomic E-state index is -4.34. The van der Waals surface area contributed by atoms with Crippen LogP contribution in [0.1, 0.15) is 0 Å². The summed E-state index contributed by atoms with van der Waals surface area (Å²) in [6.45, 7) is -0.552. The van der Waals surface area contributed by atoms with Gasteiger partial charge in [-0.15, -0.1) is 0 Å². The van der Waals surface area contributed by atoms with Crippen LogP contribution in [-0.2, 0) is 0 Å². The number of hydrogen-bond donors (Lipinski definition) is 2. The molecule has 0 saturated carbocycles. The van der Waals surface area contributed by atoms with Crippen LogP contribution >= 0.6 is 0 Å². The van der Waals surface area contributed by atoms with Crippen molar-refractivity contribution in [3.63, 3.8) is 0 Å². The average Bonchev–Trinajstić information content (AvgIpc) is 1.62. The lowest BCUT2D eigenvalue weighted by Gasteiger charge is -2.11. The molecule has 0 radical (unpaired) electrons. The second-order valence-corrected chi connectivity index (χ2v) is 1.38. The van der Waals surface area contributed by atoms with Crippen LogP contribution in [0.2, 0.25) is 0 Å². The van der Waals surface area contributed by atoms with Crippen LogP contribution in [0.5, 0.6) is 0 Å². The van der Waals surface area contributed by atoms with E-state index in [0.29, 0.717) is 0 Å². The van der Waals surface area contributed by atoms with Gasteiger partial charge in [0.1, 0.15) is 6.04 Å². The predicted molar refractivity (Wildman–Crippen MR) is 23.1 cm³/mol. The molecule has 0 heterocycles. The second-order valence-electron chi connectivity index (χ2n) is 1.38. The minimum absolute atomic E-state index is 0.552. The van der Waals surface area contributed by atoms with E-state index in [1.54, 1.807) is 0 Å². The van der Waals surface area contributed by atoms with Crippen molar-refractivity contribution in [1.82, 2.24) is 0 Å². The summed E-state index contributed by atoms with van der Waals surface area (Å²) in [5.74, 6) is 0. The van der Waals surface area contributed by atoms with Crippen LogP contribution in [0.4, 0.5) is 13.2 Å². The highest BCUT2D eigenvalue weighted by Crippen LogP contribution is 2.16. The van der Waals surface area contributed by atoms with Gasteiger partial charge in [-0.25, -0.2) is 0 Å². The molecule has 4 N–H and O–H groups in total. The molecule has 0 amide bonds. The first-order valence-electron chi connectivity index (χ1n) is 2.01. The third-order valence-electron chi connectivity index (χ3n) is 0.674. The van der Waals surface area contributed by atoms with Crippen LogP contribution in [0.25, 0.3) is 0 Å². The van der Waals surface area contributed by atoms with Gasteiger partial charge in [-0.1, -0.05) is 0 Å². The van der Waals surface area contributed by atoms with Crippen molar-refractivity contribution in [2.45, 2.75) is 12.2 Å². The normalized spacial score (nSPS) is 16.1. The van der Waals surface area contributed by atoms with Crippen LogP contribution in [0.3, 0.4) is 0 Å². The Bertz CT molecular complexity index is 69.4. The fraction of sp³-hybridized carbons (Fsp3) is 1.00. The average molecular weight is 128 g/mol. The van der Waals surface area contributed by atoms with Crippen molar-refractivity contribution in [2.75, 3.05) is 6.54 Å². The molecule has 0 spiro atoms. The molecule has 0 bridgehead atoms. The molecule has 0 aliphatic rings. The zero-order valence-corrected chi connectivity index (χ0v) is 4.07. The second kappa shape index (κ2) is 2.32. The fourth-order valence-electron chi connectivity index (χ4n) is 0.134. The Labute approximate surface area is 44.6 Å². The minimum Gasteiger partial charge on any atom is -0.329 e. The molecule has 0 aliphatic heterocycles. The largest absolute Gasteiger partial charge is 0.404 e. The highest BCUT2D eigenvalue weighted by atomic mass is 19.4. The monoisotopic (exact) mass is 128 g/mol. The number of rotatable bonds is 1. The Kier molecular flexibility index (Phi) is 2.24. The standard InChI is InChI=1S/C3H7F3N2/c4-3(5,6)2(8)1-7/h2H,1,7-8H2/t2-/m0/s1. The Morgan fingerprint density at radius 2 is 1.75 bits per heavy atom. The lowest BCUT2D eigenvalue weighted by molar-refractivity contribution is -0.145. The molecule has 50 valence electrons. The van der Waals surface area contributed by atoms with Crippen molar-refractivity contribution in [1.29, 1.82) is 0 Å². The molecule has 2 nitrogen and oxygen atoms in total. The Balaban J connectivity index is 3.62. The summed E-state index contributed by atoms with van der Waals surface area (Å²) in [4.78, 5) is 0. The smallest absolute Gasteiger partial charge is 0.329 e. The van der Waals surface area contributed by atoms with Crippen molar-refractivity contribution >= 4 is 0 Å². The summed E-state index contributed by atoms with van der Waals surface area (Å²) >= 11 is 0. The highest BCUT2D eigenvalue weighted by molar-refractivity contribution is 4.69. The summed E-state index contributed by atoms with van der Waals surface area (Å²) < 4.78 is 33.7. The van der Waals surface area contributed by atoms with Gasteiger partial charge in [0.2, 0.25) is 0 Å². The Hall–Kier alpha value is -0.290. The lowest BCUT2D eigenvalue weighted by Crippen LogP contribution is -2.43. The third-order valence-corrected chi connectivity index (χ3v) is 0.674. The van der Waals surface area contributed by atoms with Gasteiger partial charge in [0.15, 0.2) is 0 Å². The molecule has 0 unspecified atom stereocenters. The van der Waals surface area contributed by atoms with Gasteiger partial charge < -0.3 is 11.5 Å². The Morgan fingerprint density at radius 1 is 1.38 bits per heavy atom. The molecule has 0 rings (SSSR count). The maximum Gasteiger partial charge on any atom is 0.404 e. The third kappa shape index (κ3) is 2.13. The molecule has 0 aromatic carbocycles. The molecule has 5 heteroatoms. The molecule has 0 fully saturated rings. The molecule has 0 aromatic rings. The lowest BCUT2D eigenvalue weighted by atomic mass is 10.3. The zero-order valence-electron chi connectivity index (χ0n) is 4.07. The Morgan fingerprint density at radius 3 is 1.75 bits per heavy atom. The number of alkyl halides is 3. The summed E-state index contributed by atoms with van der Waals surface area (Å²) in [6.07, 6.45) is -4.34. The number of halogens is 3. The van der Waals surface area contributed by atoms with Crippen molar-refractivity contribution in [2.24, 2.45) is 11.5 Å². The van der Waals surface area contributed by atoms with E-state index in [1.807, 2.05) is 0 Å². The number of hydrogen-bond acceptors (Lipinski definition) is 2. The van der Waals surface area contributed by atoms with E-state index >= 15 is 0 Å². The van der Waals surface area contributed by atoms with Crippen LogP contribution in [0.15, 0.2) is 0 Å². The summed E-state index contributed by atoms with van der Waals surface area (Å²) in [5, 5.41) is 0. The summed E-state index contributed by atoms with van der Waals surface area (Å²) in [5.41, 5.74) is 9.11. The van der Waals surface area contributed by atoms with Crippen LogP contribution in [0, 0.1) is 0 Å². The maximum absolute atomic E-state index is 11.2. The molecular formula is C3H7F3N2. The van der Waals surface area contributed by atoms with E-state index in [-0.39, 0.29) is 0 Å². The maximum atomic E-state index is 11.2. The first-order valence-corrected chi connectivity index (χ1v) is 2.01. The van der Waals surface area contributed by atoms with E-state index in [4.69, 9.17) is 0 Å². The van der Waals surface area contributed by atoms with E-state index in [1.165, 1.54) is 0 Å². The molecule has 1 atom stereocenters. The van der Waals surface area contributed by atoms with E-state index < -0.39 is 18.8 Å². The highest BCUT2D eigenvalue weighted by Gasteiger charge is 2.35. The predicted octanol–water partition coefficient (Wildman–Crippen LogP) is -0.165. The van der Waals surface area contributed by atoms with E-state index in [2.05, 4.69) is 11.5 Å². The van der Waals surface area contributed by atoms with Gasteiger partial charge in [0, 0.05) is 6.54 Å². The van der Waals surface area contributed by atoms with Gasteiger partial charge in [-0.05, 0) is 0 Å². The fourth-order valence-corrected chi connectivity index (χ4v) is 0.134. The van der Waals surface area contributed by atoms with Gasteiger partial charge in [-0.3, -0.25) is 0 Å². The molecular weight excluding hydrogens is 121 g/mol. The molecule has 0 aliphatic carbocycles. The van der Waals surface area contributed by atoms with Crippen LogP contribution < -0.4 is 11.5 Å². The van der Waals surface area contributed by atoms with E-state index in [9.17, 15) is 13.2 Å². The molecule has 8 heavy (non-hydrogen) atoms. The van der Waals surface area contributed by atoms with Crippen molar-refractivity contribution in [3.8, 4) is 0 Å².